The monoisotopic (exact) mass is 193 g/mol. The van der Waals surface area contributed by atoms with Crippen molar-refractivity contribution >= 4 is 11.7 Å². The third-order valence-electron chi connectivity index (χ3n) is 1.55. The lowest BCUT2D eigenvalue weighted by atomic mass is 10.2. The van der Waals surface area contributed by atoms with Gasteiger partial charge < -0.3 is 10.1 Å². The van der Waals surface area contributed by atoms with Crippen LogP contribution in [0, 0.1) is 0 Å². The van der Waals surface area contributed by atoms with Crippen LogP contribution in [0.5, 0.6) is 5.75 Å². The fourth-order valence-electron chi connectivity index (χ4n) is 1.15. The normalized spacial score (nSPS) is 10.0. The number of hydrogen-bond acceptors (Lipinski definition) is 3. The zero-order valence-electron chi connectivity index (χ0n) is 8.70. The number of rotatable bonds is 3. The molecule has 0 atom stereocenters. The molecule has 0 spiro atoms. The molecule has 0 saturated heterocycles. The largest absolute Gasteiger partial charge is 0.427 e. The number of anilines is 1. The number of nitrogens with one attached hydrogen (secondary N) is 1. The molecular formula is C11H15NO2. The van der Waals surface area contributed by atoms with Crippen molar-refractivity contribution in [2.75, 3.05) is 5.32 Å². The standard InChI is InChI=1S/C11H15NO2/c1-8(2)12-10-5-4-6-11(7-10)14-9(3)13/h4-8,12H,1-3H3. The molecule has 0 aromatic heterocycles. The molecule has 1 aromatic rings. The Morgan fingerprint density at radius 3 is 2.71 bits per heavy atom. The van der Waals surface area contributed by atoms with Gasteiger partial charge in [0.15, 0.2) is 0 Å². The Bertz CT molecular complexity index is 321. The Labute approximate surface area is 84.1 Å². The first-order valence-electron chi connectivity index (χ1n) is 4.63. The molecule has 1 N–H and O–H groups in total. The summed E-state index contributed by atoms with van der Waals surface area (Å²) >= 11 is 0. The van der Waals surface area contributed by atoms with E-state index < -0.39 is 0 Å². The Morgan fingerprint density at radius 2 is 2.14 bits per heavy atom. The highest BCUT2D eigenvalue weighted by Gasteiger charge is 2.00. The highest BCUT2D eigenvalue weighted by atomic mass is 16.5. The molecule has 0 unspecified atom stereocenters. The van der Waals surface area contributed by atoms with Crippen molar-refractivity contribution in [2.24, 2.45) is 0 Å². The van der Waals surface area contributed by atoms with E-state index in [0.717, 1.165) is 5.69 Å². The zero-order chi connectivity index (χ0) is 10.6. The Kier molecular flexibility index (Phi) is 3.51. The van der Waals surface area contributed by atoms with E-state index >= 15 is 0 Å². The van der Waals surface area contributed by atoms with E-state index in [2.05, 4.69) is 19.2 Å². The van der Waals surface area contributed by atoms with Crippen molar-refractivity contribution < 1.29 is 9.53 Å². The van der Waals surface area contributed by atoms with Gasteiger partial charge in [0.1, 0.15) is 5.75 Å². The second-order valence-corrected chi connectivity index (χ2v) is 3.42. The molecular weight excluding hydrogens is 178 g/mol. The summed E-state index contributed by atoms with van der Waals surface area (Å²) in [6.45, 7) is 5.50. The van der Waals surface area contributed by atoms with E-state index in [0.29, 0.717) is 11.8 Å². The molecule has 1 rings (SSSR count). The third kappa shape index (κ3) is 3.47. The molecule has 0 saturated carbocycles. The summed E-state index contributed by atoms with van der Waals surface area (Å²) in [6.07, 6.45) is 0. The van der Waals surface area contributed by atoms with Gasteiger partial charge in [-0.2, -0.15) is 0 Å². The quantitative estimate of drug-likeness (QED) is 0.592. The van der Waals surface area contributed by atoms with Crippen LogP contribution in [0.15, 0.2) is 24.3 Å². The van der Waals surface area contributed by atoms with Crippen LogP contribution >= 0.6 is 0 Å². The number of hydrogen-bond donors (Lipinski definition) is 1. The minimum Gasteiger partial charge on any atom is -0.427 e. The number of ether oxygens (including phenoxy) is 1. The summed E-state index contributed by atoms with van der Waals surface area (Å²) in [6, 6.07) is 7.71. The van der Waals surface area contributed by atoms with E-state index in [1.165, 1.54) is 6.92 Å². The summed E-state index contributed by atoms with van der Waals surface area (Å²) in [5, 5.41) is 3.23. The number of esters is 1. The topological polar surface area (TPSA) is 38.3 Å². The van der Waals surface area contributed by atoms with Crippen molar-refractivity contribution in [3.63, 3.8) is 0 Å². The first-order valence-corrected chi connectivity index (χ1v) is 4.63. The third-order valence-corrected chi connectivity index (χ3v) is 1.55. The molecule has 0 amide bonds. The van der Waals surface area contributed by atoms with Crippen molar-refractivity contribution in [1.82, 2.24) is 0 Å². The van der Waals surface area contributed by atoms with Crippen LogP contribution in [-0.2, 0) is 4.79 Å². The van der Waals surface area contributed by atoms with Crippen molar-refractivity contribution in [3.05, 3.63) is 24.3 Å². The maximum atomic E-state index is 10.7. The summed E-state index contributed by atoms with van der Waals surface area (Å²) in [7, 11) is 0. The van der Waals surface area contributed by atoms with E-state index in [1.807, 2.05) is 12.1 Å². The maximum absolute atomic E-state index is 10.7. The molecule has 76 valence electrons. The Morgan fingerprint density at radius 1 is 1.43 bits per heavy atom. The van der Waals surface area contributed by atoms with E-state index in [1.54, 1.807) is 12.1 Å². The van der Waals surface area contributed by atoms with Gasteiger partial charge >= 0.3 is 5.97 Å². The Hall–Kier alpha value is -1.51. The molecule has 0 aliphatic heterocycles. The van der Waals surface area contributed by atoms with Crippen LogP contribution < -0.4 is 10.1 Å². The van der Waals surface area contributed by atoms with E-state index in [9.17, 15) is 4.79 Å². The summed E-state index contributed by atoms with van der Waals surface area (Å²) in [4.78, 5) is 10.7. The fraction of sp³-hybridized carbons (Fsp3) is 0.364. The van der Waals surface area contributed by atoms with Gasteiger partial charge in [-0.3, -0.25) is 4.79 Å². The maximum Gasteiger partial charge on any atom is 0.308 e. The van der Waals surface area contributed by atoms with Crippen molar-refractivity contribution in [2.45, 2.75) is 26.8 Å². The van der Waals surface area contributed by atoms with Crippen molar-refractivity contribution in [1.29, 1.82) is 0 Å². The lowest BCUT2D eigenvalue weighted by molar-refractivity contribution is -0.131. The highest BCUT2D eigenvalue weighted by molar-refractivity contribution is 5.69. The summed E-state index contributed by atoms with van der Waals surface area (Å²) in [5.41, 5.74) is 0.957. The molecule has 3 heteroatoms. The van der Waals surface area contributed by atoms with Crippen LogP contribution in [0.3, 0.4) is 0 Å². The van der Waals surface area contributed by atoms with Gasteiger partial charge in [-0.05, 0) is 26.0 Å². The van der Waals surface area contributed by atoms with Gasteiger partial charge in [-0.25, -0.2) is 0 Å². The molecule has 0 bridgehead atoms. The first-order chi connectivity index (χ1) is 6.58. The van der Waals surface area contributed by atoms with Crippen LogP contribution in [0.1, 0.15) is 20.8 Å². The summed E-state index contributed by atoms with van der Waals surface area (Å²) < 4.78 is 4.96. The molecule has 0 heterocycles. The van der Waals surface area contributed by atoms with Gasteiger partial charge in [0.25, 0.3) is 0 Å². The van der Waals surface area contributed by atoms with Gasteiger partial charge in [-0.15, -0.1) is 0 Å². The minimum atomic E-state index is -0.299. The molecule has 0 radical (unpaired) electrons. The number of carbonyl (C=O) groups excluding carboxylic acids is 1. The average Bonchev–Trinajstić information content (AvgIpc) is 2.01. The number of benzene rings is 1. The van der Waals surface area contributed by atoms with Crippen molar-refractivity contribution in [3.8, 4) is 5.75 Å². The fourth-order valence-corrected chi connectivity index (χ4v) is 1.15. The minimum absolute atomic E-state index is 0.299. The van der Waals surface area contributed by atoms with Gasteiger partial charge in [0.05, 0.1) is 0 Å². The van der Waals surface area contributed by atoms with E-state index in [-0.39, 0.29) is 5.97 Å². The molecule has 1 aromatic carbocycles. The SMILES string of the molecule is CC(=O)Oc1cccc(NC(C)C)c1. The van der Waals surface area contributed by atoms with Crippen LogP contribution in [-0.4, -0.2) is 12.0 Å². The smallest absolute Gasteiger partial charge is 0.308 e. The lowest BCUT2D eigenvalue weighted by Crippen LogP contribution is -2.09. The molecule has 3 nitrogen and oxygen atoms in total. The zero-order valence-corrected chi connectivity index (χ0v) is 8.70. The van der Waals surface area contributed by atoms with E-state index in [4.69, 9.17) is 4.74 Å². The Balaban J connectivity index is 2.73. The molecule has 14 heavy (non-hydrogen) atoms. The van der Waals surface area contributed by atoms with Gasteiger partial charge in [-0.1, -0.05) is 6.07 Å². The second-order valence-electron chi connectivity index (χ2n) is 3.42. The lowest BCUT2D eigenvalue weighted by Gasteiger charge is -2.10. The predicted molar refractivity (Wildman–Crippen MR) is 56.5 cm³/mol. The van der Waals surface area contributed by atoms with Crippen LogP contribution in [0.25, 0.3) is 0 Å². The first kappa shape index (κ1) is 10.6. The summed E-state index contributed by atoms with van der Waals surface area (Å²) in [5.74, 6) is 0.273. The predicted octanol–water partition coefficient (Wildman–Crippen LogP) is 2.43. The average molecular weight is 193 g/mol. The second kappa shape index (κ2) is 4.65. The van der Waals surface area contributed by atoms with Gasteiger partial charge in [0.2, 0.25) is 0 Å². The van der Waals surface area contributed by atoms with Crippen LogP contribution in [0.2, 0.25) is 0 Å². The van der Waals surface area contributed by atoms with Crippen LogP contribution in [0.4, 0.5) is 5.69 Å². The molecule has 0 fully saturated rings. The molecule has 0 aliphatic carbocycles. The molecule has 0 aliphatic rings. The number of carbonyl (C=O) groups is 1. The highest BCUT2D eigenvalue weighted by Crippen LogP contribution is 2.17. The van der Waals surface area contributed by atoms with Gasteiger partial charge in [0, 0.05) is 24.7 Å².